The maximum atomic E-state index is 15.5. The molecule has 0 aromatic heterocycles. The predicted molar refractivity (Wildman–Crippen MR) is 135 cm³/mol. The van der Waals surface area contributed by atoms with E-state index in [1.165, 1.54) is 23.2 Å². The van der Waals surface area contributed by atoms with E-state index in [1.807, 2.05) is 19.0 Å². The van der Waals surface area contributed by atoms with Crippen LogP contribution in [0.25, 0.3) is 0 Å². The normalized spacial score (nSPS) is 26.7. The summed E-state index contributed by atoms with van der Waals surface area (Å²) in [6.45, 7) is 4.10. The van der Waals surface area contributed by atoms with Gasteiger partial charge >= 0.3 is 5.97 Å². The molecule has 5 rings (SSSR count). The van der Waals surface area contributed by atoms with Crippen molar-refractivity contribution in [3.05, 3.63) is 53.3 Å². The maximum absolute atomic E-state index is 15.5. The van der Waals surface area contributed by atoms with Crippen LogP contribution in [0.4, 0.5) is 18.9 Å². The van der Waals surface area contributed by atoms with Gasteiger partial charge in [-0.2, -0.15) is 0 Å². The quantitative estimate of drug-likeness (QED) is 0.424. The molecule has 1 aromatic rings. The van der Waals surface area contributed by atoms with E-state index in [4.69, 9.17) is 19.2 Å². The van der Waals surface area contributed by atoms with Crippen molar-refractivity contribution in [2.75, 3.05) is 51.8 Å². The molecule has 2 saturated heterocycles. The van der Waals surface area contributed by atoms with Gasteiger partial charge in [-0.25, -0.2) is 23.0 Å². The molecule has 4 aliphatic rings. The monoisotopic (exact) mass is 534 g/mol. The summed E-state index contributed by atoms with van der Waals surface area (Å²) in [6.07, 6.45) is 1.86. The molecule has 0 radical (unpaired) electrons. The summed E-state index contributed by atoms with van der Waals surface area (Å²) in [6, 6.07) is 3.19. The van der Waals surface area contributed by atoms with Gasteiger partial charge in [-0.1, -0.05) is 0 Å². The van der Waals surface area contributed by atoms with Crippen molar-refractivity contribution in [3.8, 4) is 0 Å². The van der Waals surface area contributed by atoms with Gasteiger partial charge < -0.3 is 28.9 Å². The van der Waals surface area contributed by atoms with Gasteiger partial charge in [0, 0.05) is 51.2 Å². The van der Waals surface area contributed by atoms with Gasteiger partial charge in [-0.3, -0.25) is 0 Å². The second-order valence-electron chi connectivity index (χ2n) is 10.3. The molecule has 0 bridgehead atoms. The Morgan fingerprint density at radius 3 is 2.71 bits per heavy atom. The first-order valence-electron chi connectivity index (χ1n) is 12.9. The van der Waals surface area contributed by atoms with Crippen molar-refractivity contribution < 1.29 is 32.2 Å². The lowest BCUT2D eigenvalue weighted by Gasteiger charge is -2.43. The van der Waals surface area contributed by atoms with Crippen LogP contribution >= 0.6 is 0 Å². The van der Waals surface area contributed by atoms with Crippen molar-refractivity contribution >= 4 is 17.5 Å². The second-order valence-corrected chi connectivity index (χ2v) is 10.3. The first-order chi connectivity index (χ1) is 18.2. The highest BCUT2D eigenvalue weighted by molar-refractivity contribution is 5.93. The number of benzene rings is 1. The fraction of sp³-hybridized carbons (Fsp3) is 0.556. The number of carbonyl (C=O) groups is 1. The summed E-state index contributed by atoms with van der Waals surface area (Å²) < 4.78 is 61.5. The summed E-state index contributed by atoms with van der Waals surface area (Å²) in [7, 11) is 3.97. The van der Waals surface area contributed by atoms with Crippen LogP contribution in [-0.2, 0) is 19.0 Å². The Hall–Kier alpha value is -2.89. The van der Waals surface area contributed by atoms with Crippen LogP contribution in [-0.4, -0.2) is 92.8 Å². The molecular formula is C27H33F3N4O4. The van der Waals surface area contributed by atoms with Crippen LogP contribution < -0.4 is 4.90 Å². The molecular weight excluding hydrogens is 501 g/mol. The Bertz CT molecular complexity index is 1160. The minimum atomic E-state index is -1.50. The number of ether oxygens (including phenoxy) is 3. The number of esters is 1. The van der Waals surface area contributed by atoms with Gasteiger partial charge in [0.25, 0.3) is 0 Å². The molecule has 4 heterocycles. The molecule has 1 spiro atoms. The lowest BCUT2D eigenvalue weighted by Crippen LogP contribution is -2.52. The highest BCUT2D eigenvalue weighted by atomic mass is 19.1. The Labute approximate surface area is 220 Å². The summed E-state index contributed by atoms with van der Waals surface area (Å²) in [5.74, 6) is -2.55. The number of nitrogens with zero attached hydrogens (tertiary/aromatic N) is 4. The first kappa shape index (κ1) is 26.7. The topological polar surface area (TPSA) is 66.8 Å². The zero-order valence-electron chi connectivity index (χ0n) is 21.8. The first-order valence-corrected chi connectivity index (χ1v) is 12.9. The number of halogens is 3. The highest BCUT2D eigenvalue weighted by Crippen LogP contribution is 2.38. The van der Waals surface area contributed by atoms with E-state index >= 15 is 4.39 Å². The number of likely N-dealkylation sites (N-methyl/N-ethyl adjacent to an activating group) is 1. The van der Waals surface area contributed by atoms with E-state index in [9.17, 15) is 13.6 Å². The molecule has 8 nitrogen and oxygen atoms in total. The van der Waals surface area contributed by atoms with Gasteiger partial charge in [-0.05, 0) is 44.8 Å². The van der Waals surface area contributed by atoms with Crippen molar-refractivity contribution in [2.45, 2.75) is 50.4 Å². The van der Waals surface area contributed by atoms with Crippen molar-refractivity contribution in [3.63, 3.8) is 0 Å². The fourth-order valence-electron chi connectivity index (χ4n) is 5.47. The number of dihydropyridines is 1. The fourth-order valence-corrected chi connectivity index (χ4v) is 5.47. The summed E-state index contributed by atoms with van der Waals surface area (Å²) in [5, 5.41) is 0. The second kappa shape index (κ2) is 10.7. The van der Waals surface area contributed by atoms with Gasteiger partial charge in [-0.15, -0.1) is 0 Å². The SMILES string of the molecule is CCOC(=O)C1=CN(c2ccc(F)cc2F)C2N=C(N3CCC4(CC3)OCC(CN(C)C)O4)C(F)C=C2C1. The van der Waals surface area contributed by atoms with Gasteiger partial charge in [0.05, 0.1) is 30.6 Å². The minimum absolute atomic E-state index is 0.00947. The predicted octanol–water partition coefficient (Wildman–Crippen LogP) is 3.39. The highest BCUT2D eigenvalue weighted by Gasteiger charge is 2.46. The van der Waals surface area contributed by atoms with Gasteiger partial charge in [0.1, 0.15) is 23.6 Å². The molecule has 2 fully saturated rings. The molecule has 1 aromatic carbocycles. The van der Waals surface area contributed by atoms with E-state index in [1.54, 1.807) is 6.92 Å². The largest absolute Gasteiger partial charge is 0.463 e. The molecule has 206 valence electrons. The number of amidine groups is 1. The average Bonchev–Trinajstić information content (AvgIpc) is 3.25. The lowest BCUT2D eigenvalue weighted by atomic mass is 9.94. The Morgan fingerprint density at radius 2 is 2.03 bits per heavy atom. The summed E-state index contributed by atoms with van der Waals surface area (Å²) in [5.41, 5.74) is 0.783. The molecule has 38 heavy (non-hydrogen) atoms. The average molecular weight is 535 g/mol. The molecule has 4 aliphatic heterocycles. The summed E-state index contributed by atoms with van der Waals surface area (Å²) in [4.78, 5) is 22.6. The van der Waals surface area contributed by atoms with Crippen molar-refractivity contribution in [1.29, 1.82) is 0 Å². The smallest absolute Gasteiger partial charge is 0.335 e. The Morgan fingerprint density at radius 1 is 1.26 bits per heavy atom. The standard InChI is InChI=1S/C27H33F3N4O4/c1-4-36-26(35)18-11-17-12-22(30)25(31-24(17)34(14-18)23-6-5-19(28)13-21(23)29)33-9-7-27(8-10-33)37-16-20(38-27)15-32(2)3/h5-6,12-14,20,22,24H,4,7-11,15-16H2,1-3H3. The van der Waals surface area contributed by atoms with Gasteiger partial charge in [0.2, 0.25) is 0 Å². The molecule has 3 unspecified atom stereocenters. The maximum Gasteiger partial charge on any atom is 0.335 e. The van der Waals surface area contributed by atoms with Crippen molar-refractivity contribution in [2.24, 2.45) is 4.99 Å². The number of piperidine rings is 1. The van der Waals surface area contributed by atoms with E-state index in [0.29, 0.717) is 38.1 Å². The van der Waals surface area contributed by atoms with E-state index < -0.39 is 35.7 Å². The third kappa shape index (κ3) is 5.32. The summed E-state index contributed by atoms with van der Waals surface area (Å²) >= 11 is 0. The number of hydrogen-bond donors (Lipinski definition) is 0. The molecule has 0 N–H and O–H groups in total. The molecule has 11 heteroatoms. The molecule has 0 aliphatic carbocycles. The number of hydrogen-bond acceptors (Lipinski definition) is 8. The zero-order chi connectivity index (χ0) is 27.0. The number of aliphatic imine (C=N–C) groups is 1. The van der Waals surface area contributed by atoms with Crippen LogP contribution in [0, 0.1) is 11.6 Å². The van der Waals surface area contributed by atoms with E-state index in [-0.39, 0.29) is 36.2 Å². The van der Waals surface area contributed by atoms with Crippen LogP contribution in [0.3, 0.4) is 0 Å². The van der Waals surface area contributed by atoms with Crippen LogP contribution in [0.2, 0.25) is 0 Å². The van der Waals surface area contributed by atoms with Gasteiger partial charge in [0.15, 0.2) is 12.0 Å². The van der Waals surface area contributed by atoms with E-state index in [2.05, 4.69) is 4.90 Å². The minimum Gasteiger partial charge on any atom is -0.463 e. The number of likely N-dealkylation sites (tertiary alicyclic amines) is 1. The molecule has 0 amide bonds. The van der Waals surface area contributed by atoms with Crippen LogP contribution in [0.5, 0.6) is 0 Å². The zero-order valence-corrected chi connectivity index (χ0v) is 21.8. The lowest BCUT2D eigenvalue weighted by molar-refractivity contribution is -0.191. The van der Waals surface area contributed by atoms with Crippen LogP contribution in [0.1, 0.15) is 26.2 Å². The number of alkyl halides is 1. The van der Waals surface area contributed by atoms with E-state index in [0.717, 1.165) is 18.7 Å². The number of anilines is 1. The Balaban J connectivity index is 1.39. The third-order valence-electron chi connectivity index (χ3n) is 7.20. The van der Waals surface area contributed by atoms with Crippen LogP contribution in [0.15, 0.2) is 46.6 Å². The van der Waals surface area contributed by atoms with Crippen molar-refractivity contribution in [1.82, 2.24) is 9.80 Å². The number of fused-ring (bicyclic) bond motifs is 1. The Kier molecular flexibility index (Phi) is 7.52. The third-order valence-corrected chi connectivity index (χ3v) is 7.20. The number of rotatable bonds is 5. The number of carbonyl (C=O) groups excluding carboxylic acids is 1. The molecule has 3 atom stereocenters. The molecule has 0 saturated carbocycles.